The standard InChI is InChI=1S/C16H22N4O3S/c1-11-2-3-13(23-11)9-19-5-6-20(8-12(19)4-7-21)16-18-14(10-24-16)15(17)22/h2-3,10,12,21H,4-9H2,1H3,(H2,17,22)/t12-/m1/s1. The minimum Gasteiger partial charge on any atom is -0.465 e. The number of aryl methyl sites for hydroxylation is 1. The number of amides is 1. The Bertz CT molecular complexity index is 699. The number of nitrogens with zero attached hydrogens (tertiary/aromatic N) is 3. The lowest BCUT2D eigenvalue weighted by molar-refractivity contribution is 0.0996. The number of hydrogen-bond donors (Lipinski definition) is 2. The second-order valence-electron chi connectivity index (χ2n) is 5.97. The fourth-order valence-corrected chi connectivity index (χ4v) is 3.84. The number of aliphatic hydroxyl groups excluding tert-OH is 1. The van der Waals surface area contributed by atoms with E-state index in [-0.39, 0.29) is 12.6 Å². The molecule has 8 heteroatoms. The van der Waals surface area contributed by atoms with Crippen molar-refractivity contribution in [3.63, 3.8) is 0 Å². The highest BCUT2D eigenvalue weighted by Gasteiger charge is 2.29. The van der Waals surface area contributed by atoms with E-state index < -0.39 is 5.91 Å². The zero-order valence-corrected chi connectivity index (χ0v) is 14.5. The van der Waals surface area contributed by atoms with Crippen LogP contribution in [0.1, 0.15) is 28.4 Å². The molecule has 0 spiro atoms. The van der Waals surface area contributed by atoms with Gasteiger partial charge in [-0.05, 0) is 25.5 Å². The molecule has 1 fully saturated rings. The van der Waals surface area contributed by atoms with Crippen LogP contribution in [-0.4, -0.2) is 53.2 Å². The summed E-state index contributed by atoms with van der Waals surface area (Å²) >= 11 is 1.43. The number of hydrogen-bond acceptors (Lipinski definition) is 7. The van der Waals surface area contributed by atoms with Crippen molar-refractivity contribution in [1.82, 2.24) is 9.88 Å². The third kappa shape index (κ3) is 3.77. The van der Waals surface area contributed by atoms with Gasteiger partial charge in [-0.1, -0.05) is 0 Å². The van der Waals surface area contributed by atoms with Crippen molar-refractivity contribution >= 4 is 22.4 Å². The van der Waals surface area contributed by atoms with E-state index in [2.05, 4.69) is 14.8 Å². The molecule has 24 heavy (non-hydrogen) atoms. The topological polar surface area (TPSA) is 95.8 Å². The minimum absolute atomic E-state index is 0.136. The average Bonchev–Trinajstić information content (AvgIpc) is 3.18. The van der Waals surface area contributed by atoms with E-state index in [1.54, 1.807) is 5.38 Å². The fraction of sp³-hybridized carbons (Fsp3) is 0.500. The summed E-state index contributed by atoms with van der Waals surface area (Å²) in [6.07, 6.45) is 0.685. The number of thiazole rings is 1. The molecule has 1 saturated heterocycles. The zero-order chi connectivity index (χ0) is 17.1. The number of rotatable bonds is 6. The Kier molecular flexibility index (Phi) is 5.17. The van der Waals surface area contributed by atoms with Gasteiger partial charge in [0.15, 0.2) is 5.13 Å². The summed E-state index contributed by atoms with van der Waals surface area (Å²) < 4.78 is 5.67. The predicted octanol–water partition coefficient (Wildman–Crippen LogP) is 1.22. The molecule has 0 bridgehead atoms. The number of furan rings is 1. The summed E-state index contributed by atoms with van der Waals surface area (Å²) in [5.74, 6) is 1.34. The van der Waals surface area contributed by atoms with Crippen molar-refractivity contribution in [3.05, 3.63) is 34.7 Å². The Morgan fingerprint density at radius 3 is 2.96 bits per heavy atom. The maximum atomic E-state index is 11.2. The van der Waals surface area contributed by atoms with Crippen LogP contribution in [0, 0.1) is 6.92 Å². The molecule has 0 unspecified atom stereocenters. The number of carbonyl (C=O) groups is 1. The van der Waals surface area contributed by atoms with Gasteiger partial charge in [0.2, 0.25) is 0 Å². The molecule has 2 aromatic rings. The molecular weight excluding hydrogens is 328 g/mol. The Hall–Kier alpha value is -1.90. The molecule has 3 heterocycles. The normalized spacial score (nSPS) is 18.9. The maximum absolute atomic E-state index is 11.2. The molecule has 3 N–H and O–H groups in total. The van der Waals surface area contributed by atoms with E-state index in [1.165, 1.54) is 11.3 Å². The van der Waals surface area contributed by atoms with E-state index >= 15 is 0 Å². The fourth-order valence-electron chi connectivity index (χ4n) is 2.99. The molecule has 130 valence electrons. The van der Waals surface area contributed by atoms with Gasteiger partial charge in [0, 0.05) is 37.7 Å². The highest BCUT2D eigenvalue weighted by molar-refractivity contribution is 7.13. The molecule has 2 aromatic heterocycles. The summed E-state index contributed by atoms with van der Waals surface area (Å²) in [5.41, 5.74) is 5.58. The van der Waals surface area contributed by atoms with Crippen LogP contribution < -0.4 is 10.6 Å². The van der Waals surface area contributed by atoms with Crippen molar-refractivity contribution in [2.45, 2.75) is 25.9 Å². The van der Waals surface area contributed by atoms with Gasteiger partial charge in [-0.2, -0.15) is 0 Å². The largest absolute Gasteiger partial charge is 0.465 e. The van der Waals surface area contributed by atoms with Gasteiger partial charge in [-0.3, -0.25) is 9.69 Å². The molecule has 0 saturated carbocycles. The molecular formula is C16H22N4O3S. The second kappa shape index (κ2) is 7.33. The molecule has 1 amide bonds. The van der Waals surface area contributed by atoms with Crippen LogP contribution in [0.4, 0.5) is 5.13 Å². The number of aromatic nitrogens is 1. The van der Waals surface area contributed by atoms with Gasteiger partial charge in [0.05, 0.1) is 6.54 Å². The first-order valence-electron chi connectivity index (χ1n) is 7.97. The molecule has 1 aliphatic rings. The molecule has 1 atom stereocenters. The number of aliphatic hydroxyl groups is 1. The smallest absolute Gasteiger partial charge is 0.268 e. The summed E-state index contributed by atoms with van der Waals surface area (Å²) in [5, 5.41) is 11.9. The Balaban J connectivity index is 1.68. The van der Waals surface area contributed by atoms with Gasteiger partial charge in [0.1, 0.15) is 17.2 Å². The van der Waals surface area contributed by atoms with Crippen LogP contribution in [-0.2, 0) is 6.54 Å². The number of anilines is 1. The SMILES string of the molecule is Cc1ccc(CN2CCN(c3nc(C(N)=O)cs3)C[C@H]2CCO)o1. The van der Waals surface area contributed by atoms with Crippen LogP contribution in [0.25, 0.3) is 0 Å². The third-order valence-corrected chi connectivity index (χ3v) is 5.14. The molecule has 0 aromatic carbocycles. The van der Waals surface area contributed by atoms with E-state index in [1.807, 2.05) is 19.1 Å². The third-order valence-electron chi connectivity index (χ3n) is 4.24. The van der Waals surface area contributed by atoms with Crippen molar-refractivity contribution in [3.8, 4) is 0 Å². The Labute approximate surface area is 144 Å². The average molecular weight is 350 g/mol. The van der Waals surface area contributed by atoms with Crippen LogP contribution in [0.5, 0.6) is 0 Å². The number of primary amides is 1. The van der Waals surface area contributed by atoms with E-state index in [0.717, 1.165) is 42.8 Å². The monoisotopic (exact) mass is 350 g/mol. The van der Waals surface area contributed by atoms with Gasteiger partial charge in [-0.25, -0.2) is 4.98 Å². The first kappa shape index (κ1) is 16.9. The molecule has 7 nitrogen and oxygen atoms in total. The zero-order valence-electron chi connectivity index (χ0n) is 13.6. The number of nitrogens with two attached hydrogens (primary N) is 1. The lowest BCUT2D eigenvalue weighted by Gasteiger charge is -2.41. The van der Waals surface area contributed by atoms with Crippen LogP contribution in [0.2, 0.25) is 0 Å². The first-order valence-corrected chi connectivity index (χ1v) is 8.85. The molecule has 0 radical (unpaired) electrons. The lowest BCUT2D eigenvalue weighted by Crippen LogP contribution is -2.53. The quantitative estimate of drug-likeness (QED) is 0.813. The van der Waals surface area contributed by atoms with E-state index in [0.29, 0.717) is 12.1 Å². The van der Waals surface area contributed by atoms with Gasteiger partial charge in [0.25, 0.3) is 5.91 Å². The number of carbonyl (C=O) groups excluding carboxylic acids is 1. The summed E-state index contributed by atoms with van der Waals surface area (Å²) in [6, 6.07) is 4.17. The van der Waals surface area contributed by atoms with Gasteiger partial charge < -0.3 is 20.2 Å². The molecule has 1 aliphatic heterocycles. The van der Waals surface area contributed by atoms with Crippen LogP contribution in [0.3, 0.4) is 0 Å². The van der Waals surface area contributed by atoms with Crippen molar-refractivity contribution in [1.29, 1.82) is 0 Å². The Morgan fingerprint density at radius 1 is 1.50 bits per heavy atom. The summed E-state index contributed by atoms with van der Waals surface area (Å²) in [7, 11) is 0. The lowest BCUT2D eigenvalue weighted by atomic mass is 10.1. The highest BCUT2D eigenvalue weighted by atomic mass is 32.1. The Morgan fingerprint density at radius 2 is 2.33 bits per heavy atom. The molecule has 0 aliphatic carbocycles. The van der Waals surface area contributed by atoms with E-state index in [9.17, 15) is 9.90 Å². The van der Waals surface area contributed by atoms with Gasteiger partial charge in [-0.15, -0.1) is 11.3 Å². The van der Waals surface area contributed by atoms with Crippen LogP contribution >= 0.6 is 11.3 Å². The maximum Gasteiger partial charge on any atom is 0.268 e. The number of piperazine rings is 1. The van der Waals surface area contributed by atoms with Crippen molar-refractivity contribution < 1.29 is 14.3 Å². The van der Waals surface area contributed by atoms with Gasteiger partial charge >= 0.3 is 0 Å². The molecule has 3 rings (SSSR count). The first-order chi connectivity index (χ1) is 11.6. The van der Waals surface area contributed by atoms with Crippen molar-refractivity contribution in [2.75, 3.05) is 31.1 Å². The minimum atomic E-state index is -0.503. The van der Waals surface area contributed by atoms with Crippen LogP contribution in [0.15, 0.2) is 21.9 Å². The predicted molar refractivity (Wildman–Crippen MR) is 92.2 cm³/mol. The summed E-state index contributed by atoms with van der Waals surface area (Å²) in [6.45, 7) is 5.22. The second-order valence-corrected chi connectivity index (χ2v) is 6.81. The summed E-state index contributed by atoms with van der Waals surface area (Å²) in [4.78, 5) is 20.0. The van der Waals surface area contributed by atoms with Crippen molar-refractivity contribution in [2.24, 2.45) is 5.73 Å². The van der Waals surface area contributed by atoms with E-state index in [4.69, 9.17) is 10.2 Å². The highest BCUT2D eigenvalue weighted by Crippen LogP contribution is 2.25.